The average Bonchev–Trinajstić information content (AvgIpc) is 2.99. The van der Waals surface area contributed by atoms with E-state index in [4.69, 9.17) is 9.47 Å². The van der Waals surface area contributed by atoms with Gasteiger partial charge in [0.25, 0.3) is 10.0 Å². The SMILES string of the molecule is CCCNC(=O)[C@@H](CC)N(Cc1ccc(F)cc1)C(=O)CN(c1ccc(OC)c(OC)c1)S(=O)(=O)c1ccc(C)cc1. The van der Waals surface area contributed by atoms with Gasteiger partial charge in [-0.2, -0.15) is 0 Å². The van der Waals surface area contributed by atoms with Crippen LogP contribution in [0.25, 0.3) is 0 Å². The van der Waals surface area contributed by atoms with Crippen molar-refractivity contribution in [3.05, 3.63) is 83.7 Å². The van der Waals surface area contributed by atoms with Crippen LogP contribution in [0.5, 0.6) is 11.5 Å². The van der Waals surface area contributed by atoms with Crippen LogP contribution >= 0.6 is 0 Å². The lowest BCUT2D eigenvalue weighted by Crippen LogP contribution is -2.52. The number of rotatable bonds is 14. The topological polar surface area (TPSA) is 105 Å². The van der Waals surface area contributed by atoms with Crippen molar-refractivity contribution in [1.29, 1.82) is 0 Å². The van der Waals surface area contributed by atoms with Crippen LogP contribution in [0, 0.1) is 12.7 Å². The van der Waals surface area contributed by atoms with Crippen LogP contribution in [0.15, 0.2) is 71.6 Å². The van der Waals surface area contributed by atoms with Crippen molar-refractivity contribution >= 4 is 27.5 Å². The van der Waals surface area contributed by atoms with Crippen molar-refractivity contribution in [2.24, 2.45) is 0 Å². The van der Waals surface area contributed by atoms with Crippen molar-refractivity contribution in [1.82, 2.24) is 10.2 Å². The third-order valence-corrected chi connectivity index (χ3v) is 8.53. The minimum absolute atomic E-state index is 0.00602. The van der Waals surface area contributed by atoms with Crippen molar-refractivity contribution in [2.45, 2.75) is 51.1 Å². The Balaban J connectivity index is 2.10. The van der Waals surface area contributed by atoms with Crippen LogP contribution in [0.3, 0.4) is 0 Å². The maximum absolute atomic E-state index is 14.1. The molecule has 1 atom stereocenters. The second-order valence-corrected chi connectivity index (χ2v) is 11.6. The molecule has 1 N–H and O–H groups in total. The van der Waals surface area contributed by atoms with Crippen LogP contribution in [0.1, 0.15) is 37.8 Å². The number of nitrogens with one attached hydrogen (secondary N) is 1. The molecule has 0 aliphatic carbocycles. The smallest absolute Gasteiger partial charge is 0.264 e. The van der Waals surface area contributed by atoms with Gasteiger partial charge < -0.3 is 19.7 Å². The number of nitrogens with zero attached hydrogens (tertiary/aromatic N) is 2. The van der Waals surface area contributed by atoms with E-state index >= 15 is 0 Å². The highest BCUT2D eigenvalue weighted by Crippen LogP contribution is 2.34. The third kappa shape index (κ3) is 7.79. The van der Waals surface area contributed by atoms with E-state index in [9.17, 15) is 22.4 Å². The molecule has 11 heteroatoms. The Hall–Kier alpha value is -4.12. The zero-order valence-electron chi connectivity index (χ0n) is 24.6. The van der Waals surface area contributed by atoms with Gasteiger partial charge in [0, 0.05) is 19.2 Å². The summed E-state index contributed by atoms with van der Waals surface area (Å²) in [6.45, 7) is 5.32. The summed E-state index contributed by atoms with van der Waals surface area (Å²) in [6, 6.07) is 15.6. The molecule has 0 spiro atoms. The van der Waals surface area contributed by atoms with E-state index in [1.807, 2.05) is 13.8 Å². The number of sulfonamides is 1. The minimum atomic E-state index is -4.25. The molecular weight excluding hydrogens is 561 g/mol. The Morgan fingerprint density at radius 1 is 0.929 bits per heavy atom. The molecule has 3 rings (SSSR count). The lowest BCUT2D eigenvalue weighted by atomic mass is 10.1. The predicted molar refractivity (Wildman–Crippen MR) is 160 cm³/mol. The number of hydrogen-bond acceptors (Lipinski definition) is 6. The highest BCUT2D eigenvalue weighted by Gasteiger charge is 2.34. The third-order valence-electron chi connectivity index (χ3n) is 6.74. The summed E-state index contributed by atoms with van der Waals surface area (Å²) in [4.78, 5) is 28.6. The van der Waals surface area contributed by atoms with E-state index in [0.29, 0.717) is 24.3 Å². The number of halogens is 1. The lowest BCUT2D eigenvalue weighted by Gasteiger charge is -2.33. The molecule has 226 valence electrons. The number of anilines is 1. The highest BCUT2D eigenvalue weighted by atomic mass is 32.2. The maximum atomic E-state index is 14.1. The summed E-state index contributed by atoms with van der Waals surface area (Å²) in [7, 11) is -1.36. The molecule has 0 aliphatic rings. The Bertz CT molecular complexity index is 1460. The predicted octanol–water partition coefficient (Wildman–Crippen LogP) is 4.68. The average molecular weight is 600 g/mol. The van der Waals surface area contributed by atoms with Crippen molar-refractivity contribution in [2.75, 3.05) is 31.6 Å². The summed E-state index contributed by atoms with van der Waals surface area (Å²) < 4.78 is 53.4. The summed E-state index contributed by atoms with van der Waals surface area (Å²) >= 11 is 0. The summed E-state index contributed by atoms with van der Waals surface area (Å²) in [5.74, 6) is -0.734. The largest absolute Gasteiger partial charge is 0.493 e. The molecule has 0 heterocycles. The number of ether oxygens (including phenoxy) is 2. The molecule has 0 unspecified atom stereocenters. The minimum Gasteiger partial charge on any atom is -0.493 e. The van der Waals surface area contributed by atoms with Gasteiger partial charge >= 0.3 is 0 Å². The van der Waals surface area contributed by atoms with E-state index in [2.05, 4.69) is 5.32 Å². The fraction of sp³-hybridized carbons (Fsp3) is 0.355. The standard InChI is InChI=1S/C31H38FN3O6S/c1-6-18-33-31(37)27(7-2)34(20-23-10-12-24(32)13-11-23)30(36)21-35(25-14-17-28(40-4)29(19-25)41-5)42(38,39)26-15-8-22(3)9-16-26/h8-17,19,27H,6-7,18,20-21H2,1-5H3,(H,33,37)/t27-/m1/s1. The number of aryl methyl sites for hydroxylation is 1. The van der Waals surface area contributed by atoms with Gasteiger partial charge in [0.2, 0.25) is 11.8 Å². The summed E-state index contributed by atoms with van der Waals surface area (Å²) in [5.41, 5.74) is 1.63. The second kappa shape index (κ2) is 14.7. The van der Waals surface area contributed by atoms with Gasteiger partial charge in [-0.1, -0.05) is 43.7 Å². The fourth-order valence-corrected chi connectivity index (χ4v) is 5.82. The van der Waals surface area contributed by atoms with Gasteiger partial charge in [-0.25, -0.2) is 12.8 Å². The highest BCUT2D eigenvalue weighted by molar-refractivity contribution is 7.92. The first-order valence-electron chi connectivity index (χ1n) is 13.7. The molecule has 0 radical (unpaired) electrons. The number of amides is 2. The van der Waals surface area contributed by atoms with Crippen LogP contribution in [0.2, 0.25) is 0 Å². The molecule has 0 saturated heterocycles. The normalized spacial score (nSPS) is 11.9. The first-order valence-corrected chi connectivity index (χ1v) is 15.1. The zero-order valence-corrected chi connectivity index (χ0v) is 25.4. The zero-order chi connectivity index (χ0) is 30.9. The molecule has 0 aromatic heterocycles. The van der Waals surface area contributed by atoms with Crippen molar-refractivity contribution in [3.8, 4) is 11.5 Å². The Kier molecular flexibility index (Phi) is 11.3. The van der Waals surface area contributed by atoms with Gasteiger partial charge in [0.1, 0.15) is 18.4 Å². The van der Waals surface area contributed by atoms with Crippen molar-refractivity contribution in [3.63, 3.8) is 0 Å². The van der Waals surface area contributed by atoms with Crippen LogP contribution in [-0.2, 0) is 26.2 Å². The van der Waals surface area contributed by atoms with Gasteiger partial charge in [-0.05, 0) is 61.7 Å². The lowest BCUT2D eigenvalue weighted by molar-refractivity contribution is -0.140. The van der Waals surface area contributed by atoms with Crippen molar-refractivity contribution < 1.29 is 31.9 Å². The van der Waals surface area contributed by atoms with Crippen LogP contribution < -0.4 is 19.1 Å². The molecule has 0 aliphatic heterocycles. The van der Waals surface area contributed by atoms with E-state index in [-0.39, 0.29) is 35.2 Å². The van der Waals surface area contributed by atoms with E-state index in [1.165, 1.54) is 67.7 Å². The monoisotopic (exact) mass is 599 g/mol. The van der Waals surface area contributed by atoms with Gasteiger partial charge in [-0.15, -0.1) is 0 Å². The van der Waals surface area contributed by atoms with Gasteiger partial charge in [0.05, 0.1) is 24.8 Å². The molecule has 0 saturated carbocycles. The molecular formula is C31H38FN3O6S. The second-order valence-electron chi connectivity index (χ2n) is 9.73. The number of carbonyl (C=O) groups is 2. The summed E-state index contributed by atoms with van der Waals surface area (Å²) in [5, 5.41) is 2.83. The van der Waals surface area contributed by atoms with Crippen LogP contribution in [-0.4, -0.2) is 58.5 Å². The quantitative estimate of drug-likeness (QED) is 0.289. The van der Waals surface area contributed by atoms with E-state index in [1.54, 1.807) is 25.1 Å². The van der Waals surface area contributed by atoms with Crippen LogP contribution in [0.4, 0.5) is 10.1 Å². The Morgan fingerprint density at radius 3 is 2.14 bits per heavy atom. The number of carbonyl (C=O) groups excluding carboxylic acids is 2. The first kappa shape index (κ1) is 32.4. The van der Waals surface area contributed by atoms with Gasteiger partial charge in [0.15, 0.2) is 11.5 Å². The fourth-order valence-electron chi connectivity index (χ4n) is 4.42. The Morgan fingerprint density at radius 2 is 1.57 bits per heavy atom. The van der Waals surface area contributed by atoms with Gasteiger partial charge in [-0.3, -0.25) is 13.9 Å². The molecule has 3 aromatic carbocycles. The number of methoxy groups -OCH3 is 2. The molecule has 3 aromatic rings. The summed E-state index contributed by atoms with van der Waals surface area (Å²) in [6.07, 6.45) is 0.986. The molecule has 0 bridgehead atoms. The van der Waals surface area contributed by atoms with E-state index in [0.717, 1.165) is 9.87 Å². The molecule has 2 amide bonds. The Labute approximate surface area is 247 Å². The molecule has 9 nitrogen and oxygen atoms in total. The number of hydrogen-bond donors (Lipinski definition) is 1. The first-order chi connectivity index (χ1) is 20.0. The van der Waals surface area contributed by atoms with E-state index < -0.39 is 34.3 Å². The molecule has 42 heavy (non-hydrogen) atoms. The number of benzene rings is 3. The maximum Gasteiger partial charge on any atom is 0.264 e. The molecule has 0 fully saturated rings.